The van der Waals surface area contributed by atoms with Gasteiger partial charge in [0.2, 0.25) is 0 Å². The van der Waals surface area contributed by atoms with Gasteiger partial charge < -0.3 is 14.8 Å². The van der Waals surface area contributed by atoms with Gasteiger partial charge in [-0.05, 0) is 43.7 Å². The molecule has 0 atom stereocenters. The fraction of sp³-hybridized carbons (Fsp3) is 0.222. The molecule has 5 heteroatoms. The van der Waals surface area contributed by atoms with Crippen molar-refractivity contribution in [3.63, 3.8) is 0 Å². The zero-order chi connectivity index (χ0) is 16.8. The van der Waals surface area contributed by atoms with Crippen molar-refractivity contribution in [1.82, 2.24) is 0 Å². The summed E-state index contributed by atoms with van der Waals surface area (Å²) < 4.78 is 10.7. The van der Waals surface area contributed by atoms with Crippen molar-refractivity contribution in [1.29, 1.82) is 0 Å². The minimum Gasteiger partial charge on any atom is -0.493 e. The van der Waals surface area contributed by atoms with Gasteiger partial charge in [0.05, 0.1) is 12.8 Å². The fourth-order valence-corrected chi connectivity index (χ4v) is 2.12. The van der Waals surface area contributed by atoms with E-state index >= 15 is 0 Å². The number of rotatable bonds is 6. The van der Waals surface area contributed by atoms with Gasteiger partial charge in [0.15, 0.2) is 23.9 Å². The lowest BCUT2D eigenvalue weighted by atomic mass is 10.1. The van der Waals surface area contributed by atoms with Gasteiger partial charge in [-0.25, -0.2) is 0 Å². The van der Waals surface area contributed by atoms with E-state index in [1.165, 1.54) is 6.92 Å². The van der Waals surface area contributed by atoms with Crippen molar-refractivity contribution in [3.05, 3.63) is 53.6 Å². The highest BCUT2D eigenvalue weighted by Gasteiger charge is 2.11. The lowest BCUT2D eigenvalue weighted by molar-refractivity contribution is -0.118. The van der Waals surface area contributed by atoms with Crippen molar-refractivity contribution in [2.24, 2.45) is 0 Å². The zero-order valence-corrected chi connectivity index (χ0v) is 13.4. The van der Waals surface area contributed by atoms with Crippen molar-refractivity contribution in [2.75, 3.05) is 19.0 Å². The van der Waals surface area contributed by atoms with E-state index in [0.29, 0.717) is 22.7 Å². The Labute approximate surface area is 135 Å². The first-order valence-corrected chi connectivity index (χ1v) is 7.18. The maximum absolute atomic E-state index is 12.0. The predicted octanol–water partition coefficient (Wildman–Crippen LogP) is 3.22. The number of carbonyl (C=O) groups excluding carboxylic acids is 2. The Morgan fingerprint density at radius 1 is 1.09 bits per heavy atom. The van der Waals surface area contributed by atoms with Crippen LogP contribution in [0, 0.1) is 6.92 Å². The minimum atomic E-state index is -0.346. The van der Waals surface area contributed by atoms with E-state index in [0.717, 1.165) is 5.56 Å². The molecule has 0 heterocycles. The Morgan fingerprint density at radius 2 is 1.83 bits per heavy atom. The highest BCUT2D eigenvalue weighted by atomic mass is 16.5. The third-order valence-corrected chi connectivity index (χ3v) is 3.26. The maximum atomic E-state index is 12.0. The molecule has 0 radical (unpaired) electrons. The van der Waals surface area contributed by atoms with Crippen LogP contribution in [-0.4, -0.2) is 25.4 Å². The number of methoxy groups -OCH3 is 1. The van der Waals surface area contributed by atoms with Crippen molar-refractivity contribution in [2.45, 2.75) is 13.8 Å². The van der Waals surface area contributed by atoms with Crippen molar-refractivity contribution in [3.8, 4) is 11.5 Å². The number of aryl methyl sites for hydroxylation is 1. The van der Waals surface area contributed by atoms with Crippen LogP contribution in [0.4, 0.5) is 5.69 Å². The number of amides is 1. The normalized spacial score (nSPS) is 10.0. The number of hydrogen-bond donors (Lipinski definition) is 1. The summed E-state index contributed by atoms with van der Waals surface area (Å²) in [6.07, 6.45) is 0. The van der Waals surface area contributed by atoms with Crippen LogP contribution >= 0.6 is 0 Å². The van der Waals surface area contributed by atoms with Crippen molar-refractivity contribution < 1.29 is 19.1 Å². The second-order valence-electron chi connectivity index (χ2n) is 5.09. The molecule has 0 fully saturated rings. The lowest BCUT2D eigenvalue weighted by Crippen LogP contribution is -2.21. The Bertz CT molecular complexity index is 725. The van der Waals surface area contributed by atoms with E-state index in [1.807, 2.05) is 19.1 Å². The highest BCUT2D eigenvalue weighted by Crippen LogP contribution is 2.27. The number of Topliss-reactive ketones (excluding diaryl/α,β-unsaturated/α-hetero) is 1. The number of nitrogens with one attached hydrogen (secondary N) is 1. The second-order valence-corrected chi connectivity index (χ2v) is 5.09. The summed E-state index contributed by atoms with van der Waals surface area (Å²) >= 11 is 0. The average Bonchev–Trinajstić information content (AvgIpc) is 2.53. The smallest absolute Gasteiger partial charge is 0.262 e. The van der Waals surface area contributed by atoms with E-state index < -0.39 is 0 Å². The third kappa shape index (κ3) is 4.32. The first-order valence-electron chi connectivity index (χ1n) is 7.18. The van der Waals surface area contributed by atoms with Gasteiger partial charge in [-0.2, -0.15) is 0 Å². The molecular weight excluding hydrogens is 294 g/mol. The molecule has 23 heavy (non-hydrogen) atoms. The summed E-state index contributed by atoms with van der Waals surface area (Å²) in [6, 6.07) is 12.3. The Kier molecular flexibility index (Phi) is 5.36. The molecule has 0 aromatic heterocycles. The molecule has 1 amide bonds. The first kappa shape index (κ1) is 16.5. The molecule has 1 N–H and O–H groups in total. The van der Waals surface area contributed by atoms with Gasteiger partial charge >= 0.3 is 0 Å². The molecule has 0 saturated carbocycles. The van der Waals surface area contributed by atoms with E-state index in [-0.39, 0.29) is 18.3 Å². The average molecular weight is 313 g/mol. The number of ketones is 1. The second kappa shape index (κ2) is 7.45. The Morgan fingerprint density at radius 3 is 2.52 bits per heavy atom. The maximum Gasteiger partial charge on any atom is 0.262 e. The van der Waals surface area contributed by atoms with Gasteiger partial charge in [0.1, 0.15) is 0 Å². The summed E-state index contributed by atoms with van der Waals surface area (Å²) in [5, 5.41) is 2.69. The highest BCUT2D eigenvalue weighted by molar-refractivity contribution is 6.03. The molecule has 120 valence electrons. The number of para-hydroxylation sites is 1. The number of carbonyl (C=O) groups is 2. The van der Waals surface area contributed by atoms with Gasteiger partial charge in [0, 0.05) is 5.56 Å². The summed E-state index contributed by atoms with van der Waals surface area (Å²) in [5.41, 5.74) is 1.98. The number of hydrogen-bond acceptors (Lipinski definition) is 4. The van der Waals surface area contributed by atoms with E-state index in [9.17, 15) is 9.59 Å². The topological polar surface area (TPSA) is 64.6 Å². The molecule has 0 unspecified atom stereocenters. The first-order chi connectivity index (χ1) is 11.0. The van der Waals surface area contributed by atoms with Gasteiger partial charge in [-0.15, -0.1) is 0 Å². The fourth-order valence-electron chi connectivity index (χ4n) is 2.12. The molecule has 5 nitrogen and oxygen atoms in total. The van der Waals surface area contributed by atoms with Crippen LogP contribution in [-0.2, 0) is 4.79 Å². The predicted molar refractivity (Wildman–Crippen MR) is 88.3 cm³/mol. The van der Waals surface area contributed by atoms with Crippen LogP contribution < -0.4 is 14.8 Å². The van der Waals surface area contributed by atoms with Crippen LogP contribution in [0.15, 0.2) is 42.5 Å². The quantitative estimate of drug-likeness (QED) is 0.832. The third-order valence-electron chi connectivity index (χ3n) is 3.26. The van der Waals surface area contributed by atoms with Crippen LogP contribution in [0.5, 0.6) is 11.5 Å². The standard InChI is InChI=1S/C18H19NO4/c1-12-8-9-16(17(10-12)22-3)23-11-18(21)19-15-7-5-4-6-14(15)13(2)20/h4-10H,11H2,1-3H3,(H,19,21). The molecule has 0 bridgehead atoms. The van der Waals surface area contributed by atoms with E-state index in [2.05, 4.69) is 5.32 Å². The minimum absolute atomic E-state index is 0.109. The molecule has 0 saturated heterocycles. The van der Waals surface area contributed by atoms with Crippen LogP contribution in [0.1, 0.15) is 22.8 Å². The summed E-state index contributed by atoms with van der Waals surface area (Å²) in [6.45, 7) is 3.22. The molecule has 2 rings (SSSR count). The zero-order valence-electron chi connectivity index (χ0n) is 13.4. The van der Waals surface area contributed by atoms with Crippen LogP contribution in [0.3, 0.4) is 0 Å². The lowest BCUT2D eigenvalue weighted by Gasteiger charge is -2.12. The molecular formula is C18H19NO4. The van der Waals surface area contributed by atoms with E-state index in [4.69, 9.17) is 9.47 Å². The molecule has 0 spiro atoms. The number of anilines is 1. The number of ether oxygens (including phenoxy) is 2. The van der Waals surface area contributed by atoms with E-state index in [1.54, 1.807) is 37.4 Å². The van der Waals surface area contributed by atoms with Crippen LogP contribution in [0.25, 0.3) is 0 Å². The van der Waals surface area contributed by atoms with Gasteiger partial charge in [0.25, 0.3) is 5.91 Å². The number of benzene rings is 2. The summed E-state index contributed by atoms with van der Waals surface area (Å²) in [7, 11) is 1.55. The molecule has 0 aliphatic carbocycles. The molecule has 0 aliphatic heterocycles. The Balaban J connectivity index is 2.03. The van der Waals surface area contributed by atoms with Gasteiger partial charge in [-0.1, -0.05) is 18.2 Å². The largest absolute Gasteiger partial charge is 0.493 e. The Hall–Kier alpha value is -2.82. The molecule has 0 aliphatic rings. The van der Waals surface area contributed by atoms with Crippen LogP contribution in [0.2, 0.25) is 0 Å². The molecule has 2 aromatic rings. The monoisotopic (exact) mass is 313 g/mol. The van der Waals surface area contributed by atoms with Crippen molar-refractivity contribution >= 4 is 17.4 Å². The molecule has 2 aromatic carbocycles. The summed E-state index contributed by atoms with van der Waals surface area (Å²) in [5.74, 6) is 0.610. The summed E-state index contributed by atoms with van der Waals surface area (Å²) in [4.78, 5) is 23.6. The van der Waals surface area contributed by atoms with Gasteiger partial charge in [-0.3, -0.25) is 9.59 Å². The SMILES string of the molecule is COc1cc(C)ccc1OCC(=O)Nc1ccccc1C(C)=O.